The van der Waals surface area contributed by atoms with Gasteiger partial charge in [-0.05, 0) is 36.8 Å². The molecular formula is C16H16ClNO2. The second kappa shape index (κ2) is 5.97. The van der Waals surface area contributed by atoms with E-state index in [4.69, 9.17) is 11.6 Å². The summed E-state index contributed by atoms with van der Waals surface area (Å²) in [5.41, 5.74) is 0.629. The van der Waals surface area contributed by atoms with Crippen LogP contribution in [0.3, 0.4) is 0 Å². The molecule has 0 fully saturated rings. The van der Waals surface area contributed by atoms with Crippen LogP contribution in [0.15, 0.2) is 54.6 Å². The number of hydrogen-bond donors (Lipinski definition) is 2. The Morgan fingerprint density at radius 3 is 2.30 bits per heavy atom. The Hall–Kier alpha value is -2.00. The highest BCUT2D eigenvalue weighted by atomic mass is 35.5. The molecule has 3 nitrogen and oxygen atoms in total. The lowest BCUT2D eigenvalue weighted by molar-refractivity contribution is -0.141. The fourth-order valence-corrected chi connectivity index (χ4v) is 2.16. The minimum Gasteiger partial charge on any atom is -0.480 e. The molecule has 0 spiro atoms. The normalized spacial score (nSPS) is 13.5. The first-order valence-corrected chi connectivity index (χ1v) is 6.68. The summed E-state index contributed by atoms with van der Waals surface area (Å²) in [6.45, 7) is 1.68. The van der Waals surface area contributed by atoms with Gasteiger partial charge in [0.15, 0.2) is 0 Å². The lowest BCUT2D eigenvalue weighted by Crippen LogP contribution is -2.45. The van der Waals surface area contributed by atoms with Crippen molar-refractivity contribution in [3.05, 3.63) is 65.2 Å². The van der Waals surface area contributed by atoms with E-state index in [2.05, 4.69) is 5.32 Å². The van der Waals surface area contributed by atoms with Crippen molar-refractivity contribution in [3.63, 3.8) is 0 Å². The second-order valence-corrected chi connectivity index (χ2v) is 5.37. The van der Waals surface area contributed by atoms with Crippen LogP contribution in [-0.4, -0.2) is 16.6 Å². The summed E-state index contributed by atoms with van der Waals surface area (Å²) in [4.78, 5) is 11.6. The molecule has 104 valence electrons. The average molecular weight is 290 g/mol. The lowest BCUT2D eigenvalue weighted by Gasteiger charge is -2.27. The first-order valence-electron chi connectivity index (χ1n) is 6.31. The number of nitrogens with one attached hydrogen (secondary N) is 1. The van der Waals surface area contributed by atoms with Crippen molar-refractivity contribution < 1.29 is 9.90 Å². The van der Waals surface area contributed by atoms with E-state index in [9.17, 15) is 9.90 Å². The summed E-state index contributed by atoms with van der Waals surface area (Å²) in [6, 6.07) is 16.6. The number of rotatable bonds is 5. The van der Waals surface area contributed by atoms with Crippen molar-refractivity contribution in [3.8, 4) is 0 Å². The molecule has 0 heterocycles. The van der Waals surface area contributed by atoms with Crippen LogP contribution in [0.5, 0.6) is 0 Å². The molecule has 0 radical (unpaired) electrons. The quantitative estimate of drug-likeness (QED) is 0.879. The summed E-state index contributed by atoms with van der Waals surface area (Å²) < 4.78 is 0. The van der Waals surface area contributed by atoms with Crippen molar-refractivity contribution in [2.45, 2.75) is 18.9 Å². The first kappa shape index (κ1) is 14.4. The third kappa shape index (κ3) is 3.52. The van der Waals surface area contributed by atoms with Crippen LogP contribution < -0.4 is 5.32 Å². The van der Waals surface area contributed by atoms with Gasteiger partial charge < -0.3 is 10.4 Å². The van der Waals surface area contributed by atoms with E-state index in [-0.39, 0.29) is 0 Å². The maximum Gasteiger partial charge on any atom is 0.329 e. The Kier molecular flexibility index (Phi) is 4.30. The summed E-state index contributed by atoms with van der Waals surface area (Å²) in [6.07, 6.45) is 0.395. The summed E-state index contributed by atoms with van der Waals surface area (Å²) in [5.74, 6) is -0.892. The molecule has 0 aliphatic rings. The molecule has 4 heteroatoms. The SMILES string of the molecule is CC(Cc1ccccc1)(Nc1ccc(Cl)cc1)C(=O)O. The van der Waals surface area contributed by atoms with Gasteiger partial charge >= 0.3 is 5.97 Å². The molecule has 0 saturated heterocycles. The largest absolute Gasteiger partial charge is 0.480 e. The first-order chi connectivity index (χ1) is 9.49. The third-order valence-corrected chi connectivity index (χ3v) is 3.39. The van der Waals surface area contributed by atoms with Gasteiger partial charge in [-0.25, -0.2) is 4.79 Å². The highest BCUT2D eigenvalue weighted by Gasteiger charge is 2.33. The smallest absolute Gasteiger partial charge is 0.329 e. The fourth-order valence-electron chi connectivity index (χ4n) is 2.03. The standard InChI is InChI=1S/C16H16ClNO2/c1-16(15(19)20,11-12-5-3-2-4-6-12)18-14-9-7-13(17)8-10-14/h2-10,18H,11H2,1H3,(H,19,20). The van der Waals surface area contributed by atoms with Crippen molar-refractivity contribution in [1.82, 2.24) is 0 Å². The number of carboxylic acids is 1. The van der Waals surface area contributed by atoms with Gasteiger partial charge in [-0.3, -0.25) is 0 Å². The molecule has 0 saturated carbocycles. The van der Waals surface area contributed by atoms with Crippen LogP contribution in [-0.2, 0) is 11.2 Å². The zero-order chi connectivity index (χ0) is 14.6. The van der Waals surface area contributed by atoms with Crippen LogP contribution in [0.2, 0.25) is 5.02 Å². The Morgan fingerprint density at radius 2 is 1.75 bits per heavy atom. The van der Waals surface area contributed by atoms with Gasteiger partial charge in [0.1, 0.15) is 5.54 Å². The average Bonchev–Trinajstić information content (AvgIpc) is 2.42. The molecule has 0 bridgehead atoms. The fraction of sp³-hybridized carbons (Fsp3) is 0.188. The zero-order valence-electron chi connectivity index (χ0n) is 11.1. The predicted octanol–water partition coefficient (Wildman–Crippen LogP) is 3.84. The zero-order valence-corrected chi connectivity index (χ0v) is 11.9. The molecule has 2 rings (SSSR count). The minimum absolute atomic E-state index is 0.395. The van der Waals surface area contributed by atoms with E-state index in [1.807, 2.05) is 30.3 Å². The number of carboxylic acid groups (broad SMARTS) is 1. The Balaban J connectivity index is 2.21. The monoisotopic (exact) mass is 289 g/mol. The van der Waals surface area contributed by atoms with Gasteiger partial charge in [-0.2, -0.15) is 0 Å². The Labute approximate surface area is 123 Å². The van der Waals surface area contributed by atoms with E-state index >= 15 is 0 Å². The van der Waals surface area contributed by atoms with Gasteiger partial charge in [-0.15, -0.1) is 0 Å². The molecule has 0 amide bonds. The maximum absolute atomic E-state index is 11.6. The molecule has 0 aliphatic heterocycles. The van der Waals surface area contributed by atoms with E-state index in [0.717, 1.165) is 11.3 Å². The van der Waals surface area contributed by atoms with Crippen molar-refractivity contribution >= 4 is 23.3 Å². The lowest BCUT2D eigenvalue weighted by atomic mass is 9.92. The molecular weight excluding hydrogens is 274 g/mol. The summed E-state index contributed by atoms with van der Waals surface area (Å²) in [7, 11) is 0. The molecule has 2 aromatic carbocycles. The van der Waals surface area contributed by atoms with E-state index in [1.54, 1.807) is 31.2 Å². The van der Waals surface area contributed by atoms with Gasteiger partial charge in [0.05, 0.1) is 0 Å². The number of anilines is 1. The molecule has 1 atom stereocenters. The topological polar surface area (TPSA) is 49.3 Å². The molecule has 0 aliphatic carbocycles. The van der Waals surface area contributed by atoms with Crippen molar-refractivity contribution in [2.24, 2.45) is 0 Å². The van der Waals surface area contributed by atoms with Gasteiger partial charge in [0.25, 0.3) is 0 Å². The third-order valence-electron chi connectivity index (χ3n) is 3.14. The second-order valence-electron chi connectivity index (χ2n) is 4.93. The molecule has 20 heavy (non-hydrogen) atoms. The van der Waals surface area contributed by atoms with Crippen molar-refractivity contribution in [1.29, 1.82) is 0 Å². The molecule has 1 unspecified atom stereocenters. The van der Waals surface area contributed by atoms with Crippen molar-refractivity contribution in [2.75, 3.05) is 5.32 Å². The van der Waals surface area contributed by atoms with E-state index in [1.165, 1.54) is 0 Å². The van der Waals surface area contributed by atoms with Crippen LogP contribution in [0.1, 0.15) is 12.5 Å². The number of hydrogen-bond acceptors (Lipinski definition) is 2. The van der Waals surface area contributed by atoms with E-state index < -0.39 is 11.5 Å². The predicted molar refractivity (Wildman–Crippen MR) is 81.3 cm³/mol. The number of aliphatic carboxylic acids is 1. The minimum atomic E-state index is -1.07. The molecule has 2 N–H and O–H groups in total. The summed E-state index contributed by atoms with van der Waals surface area (Å²) >= 11 is 5.83. The van der Waals surface area contributed by atoms with Crippen LogP contribution >= 0.6 is 11.6 Å². The Bertz CT molecular complexity index is 583. The van der Waals surface area contributed by atoms with Gasteiger partial charge in [-0.1, -0.05) is 41.9 Å². The summed E-state index contributed by atoms with van der Waals surface area (Å²) in [5, 5.41) is 13.2. The number of benzene rings is 2. The Morgan fingerprint density at radius 1 is 1.15 bits per heavy atom. The number of halogens is 1. The number of carbonyl (C=O) groups is 1. The van der Waals surface area contributed by atoms with Crippen LogP contribution in [0.25, 0.3) is 0 Å². The van der Waals surface area contributed by atoms with Gasteiger partial charge in [0, 0.05) is 17.1 Å². The maximum atomic E-state index is 11.6. The highest BCUT2D eigenvalue weighted by Crippen LogP contribution is 2.22. The molecule has 2 aromatic rings. The van der Waals surface area contributed by atoms with Crippen LogP contribution in [0.4, 0.5) is 5.69 Å². The van der Waals surface area contributed by atoms with Gasteiger partial charge in [0.2, 0.25) is 0 Å². The molecule has 0 aromatic heterocycles. The highest BCUT2D eigenvalue weighted by molar-refractivity contribution is 6.30. The van der Waals surface area contributed by atoms with E-state index in [0.29, 0.717) is 11.4 Å². The van der Waals surface area contributed by atoms with Crippen LogP contribution in [0, 0.1) is 0 Å².